The second-order valence-electron chi connectivity index (χ2n) is 3.00. The van der Waals surface area contributed by atoms with Gasteiger partial charge in [-0.05, 0) is 17.7 Å². The van der Waals surface area contributed by atoms with E-state index in [9.17, 15) is 0 Å². The van der Waals surface area contributed by atoms with Crippen LogP contribution in [0.25, 0.3) is 0 Å². The Labute approximate surface area is 104 Å². The van der Waals surface area contributed by atoms with Crippen LogP contribution in [0, 0.1) is 0 Å². The molecule has 0 saturated carbocycles. The van der Waals surface area contributed by atoms with E-state index in [-0.39, 0.29) is 20.4 Å². The van der Waals surface area contributed by atoms with Gasteiger partial charge in [-0.3, -0.25) is 4.99 Å². The molecule has 0 bridgehead atoms. The van der Waals surface area contributed by atoms with Gasteiger partial charge >= 0.3 is 0 Å². The van der Waals surface area contributed by atoms with Crippen molar-refractivity contribution >= 4 is 11.9 Å². The molecule has 0 aliphatic rings. The summed E-state index contributed by atoms with van der Waals surface area (Å²) >= 11 is 0. The average Bonchev–Trinajstić information content (AvgIpc) is 2.29. The second kappa shape index (κ2) is 6.29. The molecule has 0 atom stereocenters. The first-order valence-corrected chi connectivity index (χ1v) is 4.59. The van der Waals surface area contributed by atoms with Gasteiger partial charge in [0, 0.05) is 26.6 Å². The van der Waals surface area contributed by atoms with Crippen LogP contribution in [0.4, 0.5) is 5.69 Å². The number of rotatable bonds is 2. The van der Waals surface area contributed by atoms with Gasteiger partial charge in [0.25, 0.3) is 0 Å². The zero-order valence-electron chi connectivity index (χ0n) is 8.11. The molecule has 2 aromatic carbocycles. The first-order chi connectivity index (χ1) is 6.95. The molecular weight excluding hydrogens is 277 g/mol. The molecule has 0 N–H and O–H groups in total. The van der Waals surface area contributed by atoms with E-state index in [0.717, 1.165) is 11.3 Å². The fourth-order valence-electron chi connectivity index (χ4n) is 1.20. The standard InChI is InChI=1S/C13H11N.Pd/c1-3-7-12(8-4-1)11-14-13-9-5-2-6-10-13;/h1-11H;. The Morgan fingerprint density at radius 2 is 1.27 bits per heavy atom. The Morgan fingerprint density at radius 3 is 1.87 bits per heavy atom. The molecule has 0 aliphatic carbocycles. The molecule has 2 aromatic rings. The van der Waals surface area contributed by atoms with E-state index in [1.54, 1.807) is 0 Å². The van der Waals surface area contributed by atoms with Crippen LogP contribution in [0.15, 0.2) is 65.7 Å². The third kappa shape index (κ3) is 3.79. The molecule has 0 aromatic heterocycles. The molecule has 78 valence electrons. The number of nitrogens with zero attached hydrogens (tertiary/aromatic N) is 1. The van der Waals surface area contributed by atoms with Crippen molar-refractivity contribution in [3.05, 3.63) is 66.2 Å². The number of para-hydroxylation sites is 1. The Morgan fingerprint density at radius 1 is 0.733 bits per heavy atom. The quantitative estimate of drug-likeness (QED) is 0.593. The second-order valence-corrected chi connectivity index (χ2v) is 3.00. The number of hydrogen-bond acceptors (Lipinski definition) is 1. The molecule has 0 aliphatic heterocycles. The minimum absolute atomic E-state index is 0. The summed E-state index contributed by atoms with van der Waals surface area (Å²) in [5.41, 5.74) is 2.10. The Kier molecular flexibility index (Phi) is 4.97. The summed E-state index contributed by atoms with van der Waals surface area (Å²) in [6.45, 7) is 0. The number of hydrogen-bond donors (Lipinski definition) is 0. The van der Waals surface area contributed by atoms with Gasteiger partial charge in [-0.1, -0.05) is 48.5 Å². The van der Waals surface area contributed by atoms with Gasteiger partial charge in [-0.25, -0.2) is 0 Å². The maximum absolute atomic E-state index is 4.35. The smallest absolute Gasteiger partial charge is 0.0629 e. The third-order valence-electron chi connectivity index (χ3n) is 1.92. The van der Waals surface area contributed by atoms with Crippen LogP contribution in [-0.2, 0) is 20.4 Å². The van der Waals surface area contributed by atoms with Gasteiger partial charge in [-0.15, -0.1) is 0 Å². The molecule has 2 heteroatoms. The van der Waals surface area contributed by atoms with Crippen LogP contribution in [-0.4, -0.2) is 6.21 Å². The molecule has 15 heavy (non-hydrogen) atoms. The van der Waals surface area contributed by atoms with Gasteiger partial charge < -0.3 is 0 Å². The predicted octanol–water partition coefficient (Wildman–Crippen LogP) is 3.43. The van der Waals surface area contributed by atoms with E-state index in [4.69, 9.17) is 0 Å². The summed E-state index contributed by atoms with van der Waals surface area (Å²) in [4.78, 5) is 4.35. The summed E-state index contributed by atoms with van der Waals surface area (Å²) in [7, 11) is 0. The SMILES string of the molecule is C(=Nc1ccccc1)c1ccccc1.[Pd]. The monoisotopic (exact) mass is 287 g/mol. The zero-order chi connectivity index (χ0) is 9.64. The Bertz CT molecular complexity index is 368. The van der Waals surface area contributed by atoms with Gasteiger partial charge in [0.05, 0.1) is 5.69 Å². The van der Waals surface area contributed by atoms with Gasteiger partial charge in [0.15, 0.2) is 0 Å². The fourth-order valence-corrected chi connectivity index (χ4v) is 1.20. The summed E-state index contributed by atoms with van der Waals surface area (Å²) < 4.78 is 0. The van der Waals surface area contributed by atoms with Crippen molar-refractivity contribution in [2.45, 2.75) is 0 Å². The van der Waals surface area contributed by atoms with Gasteiger partial charge in [-0.2, -0.15) is 0 Å². The van der Waals surface area contributed by atoms with Crippen molar-refractivity contribution in [1.82, 2.24) is 0 Å². The number of benzene rings is 2. The first-order valence-electron chi connectivity index (χ1n) is 4.59. The largest absolute Gasteiger partial charge is 0.256 e. The molecule has 1 nitrogen and oxygen atoms in total. The summed E-state index contributed by atoms with van der Waals surface area (Å²) in [6, 6.07) is 20.0. The number of aliphatic imine (C=N–C) groups is 1. The maximum Gasteiger partial charge on any atom is 0.0629 e. The topological polar surface area (TPSA) is 12.4 Å². The molecule has 0 saturated heterocycles. The van der Waals surface area contributed by atoms with Crippen molar-refractivity contribution in [3.8, 4) is 0 Å². The molecule has 0 spiro atoms. The average molecular weight is 288 g/mol. The van der Waals surface area contributed by atoms with E-state index in [1.807, 2.05) is 66.9 Å². The molecule has 0 radical (unpaired) electrons. The summed E-state index contributed by atoms with van der Waals surface area (Å²) in [6.07, 6.45) is 1.87. The molecular formula is C13H11NPd. The Hall–Kier alpha value is -1.23. The zero-order valence-corrected chi connectivity index (χ0v) is 9.67. The fraction of sp³-hybridized carbons (Fsp3) is 0. The van der Waals surface area contributed by atoms with E-state index in [2.05, 4.69) is 4.99 Å². The maximum atomic E-state index is 4.35. The predicted molar refractivity (Wildman–Crippen MR) is 60.1 cm³/mol. The van der Waals surface area contributed by atoms with Crippen molar-refractivity contribution in [3.63, 3.8) is 0 Å². The van der Waals surface area contributed by atoms with E-state index < -0.39 is 0 Å². The van der Waals surface area contributed by atoms with Crippen LogP contribution in [0.5, 0.6) is 0 Å². The van der Waals surface area contributed by atoms with Crippen LogP contribution in [0.2, 0.25) is 0 Å². The van der Waals surface area contributed by atoms with Crippen LogP contribution >= 0.6 is 0 Å². The van der Waals surface area contributed by atoms with Crippen molar-refractivity contribution in [2.75, 3.05) is 0 Å². The normalized spacial score (nSPS) is 9.87. The van der Waals surface area contributed by atoms with Gasteiger partial charge in [0.1, 0.15) is 0 Å². The molecule has 2 rings (SSSR count). The summed E-state index contributed by atoms with van der Waals surface area (Å²) in [5.74, 6) is 0. The van der Waals surface area contributed by atoms with E-state index in [0.29, 0.717) is 0 Å². The minimum Gasteiger partial charge on any atom is -0.256 e. The van der Waals surface area contributed by atoms with Gasteiger partial charge in [0.2, 0.25) is 0 Å². The molecule has 0 heterocycles. The first kappa shape index (κ1) is 11.8. The van der Waals surface area contributed by atoms with E-state index in [1.165, 1.54) is 0 Å². The van der Waals surface area contributed by atoms with Crippen molar-refractivity contribution < 1.29 is 20.4 Å². The third-order valence-corrected chi connectivity index (χ3v) is 1.92. The van der Waals surface area contributed by atoms with Crippen LogP contribution in [0.1, 0.15) is 5.56 Å². The van der Waals surface area contributed by atoms with Crippen LogP contribution in [0.3, 0.4) is 0 Å². The Balaban J connectivity index is 0.00000112. The summed E-state index contributed by atoms with van der Waals surface area (Å²) in [5, 5.41) is 0. The minimum atomic E-state index is 0. The molecule has 0 fully saturated rings. The van der Waals surface area contributed by atoms with Crippen molar-refractivity contribution in [1.29, 1.82) is 0 Å². The molecule has 0 amide bonds. The van der Waals surface area contributed by atoms with Crippen molar-refractivity contribution in [2.24, 2.45) is 4.99 Å². The van der Waals surface area contributed by atoms with E-state index >= 15 is 0 Å². The van der Waals surface area contributed by atoms with Crippen LogP contribution < -0.4 is 0 Å². The molecule has 0 unspecified atom stereocenters.